The molecule has 0 N–H and O–H groups in total. The third-order valence-electron chi connectivity index (χ3n) is 2.88. The highest BCUT2D eigenvalue weighted by molar-refractivity contribution is 7.15. The summed E-state index contributed by atoms with van der Waals surface area (Å²) in [6, 6.07) is 0. The molecule has 0 spiro atoms. The molecule has 1 atom stereocenters. The maximum atomic E-state index is 11.9. The van der Waals surface area contributed by atoms with E-state index in [1.807, 2.05) is 22.2 Å². The van der Waals surface area contributed by atoms with Gasteiger partial charge < -0.3 is 4.74 Å². The lowest BCUT2D eigenvalue weighted by atomic mass is 10.0. The first-order valence-electron chi connectivity index (χ1n) is 5.34. The SMILES string of the molecule is O=C(Cc1cn2ccsc2n1)C1CCOC1. The average Bonchev–Trinajstić information content (AvgIpc) is 2.91. The summed E-state index contributed by atoms with van der Waals surface area (Å²) in [5.74, 6) is 0.336. The van der Waals surface area contributed by atoms with Crippen LogP contribution in [0.5, 0.6) is 0 Å². The van der Waals surface area contributed by atoms with Crippen LogP contribution in [-0.2, 0) is 16.0 Å². The molecule has 2 aromatic heterocycles. The van der Waals surface area contributed by atoms with E-state index in [2.05, 4.69) is 4.98 Å². The van der Waals surface area contributed by atoms with Crippen molar-refractivity contribution in [1.82, 2.24) is 9.38 Å². The van der Waals surface area contributed by atoms with Crippen molar-refractivity contribution < 1.29 is 9.53 Å². The summed E-state index contributed by atoms with van der Waals surface area (Å²) < 4.78 is 7.17. The zero-order valence-electron chi connectivity index (χ0n) is 8.76. The average molecular weight is 236 g/mol. The first-order valence-corrected chi connectivity index (χ1v) is 6.22. The Hall–Kier alpha value is -1.20. The van der Waals surface area contributed by atoms with Crippen molar-refractivity contribution >= 4 is 22.1 Å². The lowest BCUT2D eigenvalue weighted by Gasteiger charge is -2.03. The maximum absolute atomic E-state index is 11.9. The molecule has 1 aliphatic rings. The van der Waals surface area contributed by atoms with Crippen LogP contribution < -0.4 is 0 Å². The van der Waals surface area contributed by atoms with E-state index >= 15 is 0 Å². The van der Waals surface area contributed by atoms with Crippen molar-refractivity contribution in [3.05, 3.63) is 23.5 Å². The number of thiazole rings is 1. The van der Waals surface area contributed by atoms with Gasteiger partial charge in [0, 0.05) is 30.3 Å². The van der Waals surface area contributed by atoms with E-state index in [4.69, 9.17) is 4.74 Å². The molecule has 0 aliphatic carbocycles. The van der Waals surface area contributed by atoms with E-state index in [9.17, 15) is 4.79 Å². The van der Waals surface area contributed by atoms with Crippen LogP contribution in [-0.4, -0.2) is 28.4 Å². The molecule has 0 amide bonds. The molecule has 0 aromatic carbocycles. The predicted molar refractivity (Wildman–Crippen MR) is 60.7 cm³/mol. The highest BCUT2D eigenvalue weighted by atomic mass is 32.1. The largest absolute Gasteiger partial charge is 0.381 e. The zero-order chi connectivity index (χ0) is 11.0. The number of Topliss-reactive ketones (excluding diaryl/α,β-unsaturated/α-hetero) is 1. The van der Waals surface area contributed by atoms with Crippen LogP contribution in [0.1, 0.15) is 12.1 Å². The van der Waals surface area contributed by atoms with Crippen LogP contribution in [0, 0.1) is 5.92 Å². The van der Waals surface area contributed by atoms with Gasteiger partial charge in [0.2, 0.25) is 0 Å². The van der Waals surface area contributed by atoms with Crippen LogP contribution in [0.15, 0.2) is 17.8 Å². The molecule has 3 rings (SSSR count). The van der Waals surface area contributed by atoms with Crippen molar-refractivity contribution in [3.8, 4) is 0 Å². The molecule has 2 aromatic rings. The molecule has 1 unspecified atom stereocenters. The normalized spacial score (nSPS) is 20.6. The van der Waals surface area contributed by atoms with Crippen LogP contribution in [0.25, 0.3) is 4.96 Å². The van der Waals surface area contributed by atoms with Crippen molar-refractivity contribution in [1.29, 1.82) is 0 Å². The molecular formula is C11H12N2O2S. The molecule has 3 heterocycles. The summed E-state index contributed by atoms with van der Waals surface area (Å²) in [5.41, 5.74) is 0.865. The van der Waals surface area contributed by atoms with Crippen LogP contribution in [0.2, 0.25) is 0 Å². The summed E-state index contributed by atoms with van der Waals surface area (Å²) in [6.07, 6.45) is 5.18. The molecule has 5 heteroatoms. The predicted octanol–water partition coefficient (Wildman–Crippen LogP) is 1.54. The minimum Gasteiger partial charge on any atom is -0.381 e. The second-order valence-corrected chi connectivity index (χ2v) is 4.90. The van der Waals surface area contributed by atoms with E-state index in [0.29, 0.717) is 19.6 Å². The Kier molecular flexibility index (Phi) is 2.49. The number of nitrogens with zero attached hydrogens (tertiary/aromatic N) is 2. The number of hydrogen-bond acceptors (Lipinski definition) is 4. The number of carbonyl (C=O) groups excluding carboxylic acids is 1. The Bertz CT molecular complexity index is 482. The van der Waals surface area contributed by atoms with Gasteiger partial charge in [0.25, 0.3) is 0 Å². The van der Waals surface area contributed by atoms with Gasteiger partial charge in [0.15, 0.2) is 4.96 Å². The molecule has 0 saturated carbocycles. The Morgan fingerprint density at radius 1 is 1.69 bits per heavy atom. The molecule has 0 radical (unpaired) electrons. The van der Waals surface area contributed by atoms with E-state index in [-0.39, 0.29) is 11.7 Å². The summed E-state index contributed by atoms with van der Waals surface area (Å²) in [4.78, 5) is 17.2. The van der Waals surface area contributed by atoms with E-state index in [1.54, 1.807) is 11.3 Å². The lowest BCUT2D eigenvalue weighted by Crippen LogP contribution is -2.16. The number of hydrogen-bond donors (Lipinski definition) is 0. The van der Waals surface area contributed by atoms with Gasteiger partial charge in [-0.05, 0) is 6.42 Å². The molecule has 16 heavy (non-hydrogen) atoms. The highest BCUT2D eigenvalue weighted by Gasteiger charge is 2.24. The third kappa shape index (κ3) is 1.76. The van der Waals surface area contributed by atoms with Gasteiger partial charge >= 0.3 is 0 Å². The first kappa shape index (κ1) is 9.99. The Morgan fingerprint density at radius 3 is 3.38 bits per heavy atom. The van der Waals surface area contributed by atoms with Crippen molar-refractivity contribution in [2.75, 3.05) is 13.2 Å². The zero-order valence-corrected chi connectivity index (χ0v) is 9.57. The van der Waals surface area contributed by atoms with Gasteiger partial charge in [0.1, 0.15) is 5.78 Å². The minimum atomic E-state index is 0.0831. The Morgan fingerprint density at radius 2 is 2.62 bits per heavy atom. The Balaban J connectivity index is 1.74. The molecular weight excluding hydrogens is 224 g/mol. The van der Waals surface area contributed by atoms with E-state index in [0.717, 1.165) is 17.1 Å². The Labute approximate surface area is 96.9 Å². The quantitative estimate of drug-likeness (QED) is 0.812. The van der Waals surface area contributed by atoms with Crippen molar-refractivity contribution in [3.63, 3.8) is 0 Å². The summed E-state index contributed by atoms with van der Waals surface area (Å²) in [6.45, 7) is 1.30. The fourth-order valence-corrected chi connectivity index (χ4v) is 2.69. The second-order valence-electron chi connectivity index (χ2n) is 4.03. The van der Waals surface area contributed by atoms with Crippen molar-refractivity contribution in [2.24, 2.45) is 5.92 Å². The van der Waals surface area contributed by atoms with Gasteiger partial charge in [0.05, 0.1) is 18.7 Å². The maximum Gasteiger partial charge on any atom is 0.193 e. The first-order chi connectivity index (χ1) is 7.83. The van der Waals surface area contributed by atoms with Gasteiger partial charge in [-0.3, -0.25) is 9.20 Å². The lowest BCUT2D eigenvalue weighted by molar-refractivity contribution is -0.122. The standard InChI is InChI=1S/C11H12N2O2S/c14-10(8-1-3-15-7-8)5-9-6-13-2-4-16-11(13)12-9/h2,4,6,8H,1,3,5,7H2. The topological polar surface area (TPSA) is 43.6 Å². The molecule has 4 nitrogen and oxygen atoms in total. The number of fused-ring (bicyclic) bond motifs is 1. The number of ketones is 1. The monoisotopic (exact) mass is 236 g/mol. The molecule has 0 bridgehead atoms. The third-order valence-corrected chi connectivity index (χ3v) is 3.65. The number of imidazole rings is 1. The van der Waals surface area contributed by atoms with Crippen LogP contribution >= 0.6 is 11.3 Å². The van der Waals surface area contributed by atoms with E-state index < -0.39 is 0 Å². The number of ether oxygens (including phenoxy) is 1. The van der Waals surface area contributed by atoms with Gasteiger partial charge in [-0.2, -0.15) is 0 Å². The van der Waals surface area contributed by atoms with Crippen molar-refractivity contribution in [2.45, 2.75) is 12.8 Å². The number of carbonyl (C=O) groups is 1. The molecule has 1 fully saturated rings. The van der Waals surface area contributed by atoms with Gasteiger partial charge in [-0.15, -0.1) is 11.3 Å². The number of aromatic nitrogens is 2. The van der Waals surface area contributed by atoms with E-state index in [1.165, 1.54) is 0 Å². The molecule has 1 saturated heterocycles. The minimum absolute atomic E-state index is 0.0831. The number of rotatable bonds is 3. The highest BCUT2D eigenvalue weighted by Crippen LogP contribution is 2.17. The second kappa shape index (κ2) is 3.99. The molecule has 84 valence electrons. The fourth-order valence-electron chi connectivity index (χ4n) is 1.97. The van der Waals surface area contributed by atoms with Gasteiger partial charge in [-0.25, -0.2) is 4.98 Å². The summed E-state index contributed by atoms with van der Waals surface area (Å²) >= 11 is 1.58. The van der Waals surface area contributed by atoms with Crippen LogP contribution in [0.4, 0.5) is 0 Å². The molecule has 1 aliphatic heterocycles. The summed E-state index contributed by atoms with van der Waals surface area (Å²) in [7, 11) is 0. The summed E-state index contributed by atoms with van der Waals surface area (Å²) in [5, 5.41) is 1.98. The fraction of sp³-hybridized carbons (Fsp3) is 0.455. The van der Waals surface area contributed by atoms with Gasteiger partial charge in [-0.1, -0.05) is 0 Å². The van der Waals surface area contributed by atoms with Crippen LogP contribution in [0.3, 0.4) is 0 Å². The smallest absolute Gasteiger partial charge is 0.193 e.